The summed E-state index contributed by atoms with van der Waals surface area (Å²) in [5.74, 6) is 0. The largest absolute Gasteiger partial charge is 0.330 e. The van der Waals surface area contributed by atoms with Gasteiger partial charge in [-0.1, -0.05) is 29.5 Å². The van der Waals surface area contributed by atoms with Crippen molar-refractivity contribution in [2.75, 3.05) is 6.54 Å². The van der Waals surface area contributed by atoms with Crippen molar-refractivity contribution in [1.29, 1.82) is 0 Å². The standard InChI is InChI=1S/C23H25N7/c24-12-11-19-7-9-23(10-8-19)30-18-22(27-28-30)17-29(15-20-5-1-3-13-25-20)16-21-6-2-4-14-26-21/h1-10,13-14,18H,11-12,15-17,24H2. The molecular weight excluding hydrogens is 374 g/mol. The van der Waals surface area contributed by atoms with Crippen LogP contribution in [0.25, 0.3) is 5.69 Å². The predicted molar refractivity (Wildman–Crippen MR) is 116 cm³/mol. The van der Waals surface area contributed by atoms with Crippen LogP contribution in [-0.4, -0.2) is 36.4 Å². The zero-order chi connectivity index (χ0) is 20.6. The van der Waals surface area contributed by atoms with Gasteiger partial charge in [0, 0.05) is 32.0 Å². The Bertz CT molecular complexity index is 989. The molecule has 0 aliphatic carbocycles. The zero-order valence-corrected chi connectivity index (χ0v) is 16.8. The van der Waals surface area contributed by atoms with E-state index in [0.717, 1.165) is 29.2 Å². The van der Waals surface area contributed by atoms with Gasteiger partial charge in [0.25, 0.3) is 0 Å². The molecule has 0 aliphatic heterocycles. The van der Waals surface area contributed by atoms with Gasteiger partial charge in [-0.2, -0.15) is 0 Å². The Morgan fingerprint density at radius 3 is 1.97 bits per heavy atom. The number of nitrogens with two attached hydrogens (primary N) is 1. The summed E-state index contributed by atoms with van der Waals surface area (Å²) in [6.07, 6.45) is 6.48. The van der Waals surface area contributed by atoms with Gasteiger partial charge in [-0.15, -0.1) is 5.10 Å². The fourth-order valence-corrected chi connectivity index (χ4v) is 3.32. The van der Waals surface area contributed by atoms with Crippen LogP contribution < -0.4 is 5.73 Å². The molecule has 152 valence electrons. The maximum atomic E-state index is 5.63. The fraction of sp³-hybridized carbons (Fsp3) is 0.217. The van der Waals surface area contributed by atoms with E-state index < -0.39 is 0 Å². The maximum absolute atomic E-state index is 5.63. The Morgan fingerprint density at radius 1 is 0.767 bits per heavy atom. The molecule has 7 heteroatoms. The number of hydrogen-bond acceptors (Lipinski definition) is 6. The molecule has 4 aromatic rings. The lowest BCUT2D eigenvalue weighted by molar-refractivity contribution is 0.238. The number of aromatic nitrogens is 5. The van der Waals surface area contributed by atoms with E-state index in [4.69, 9.17) is 5.73 Å². The molecular formula is C23H25N7. The second-order valence-corrected chi connectivity index (χ2v) is 7.15. The Morgan fingerprint density at radius 2 is 1.40 bits per heavy atom. The maximum Gasteiger partial charge on any atom is 0.0972 e. The molecule has 0 atom stereocenters. The number of rotatable bonds is 9. The molecule has 0 fully saturated rings. The van der Waals surface area contributed by atoms with Gasteiger partial charge in [0.1, 0.15) is 0 Å². The first-order valence-corrected chi connectivity index (χ1v) is 10.0. The van der Waals surface area contributed by atoms with Gasteiger partial charge in [0.2, 0.25) is 0 Å². The quantitative estimate of drug-likeness (QED) is 0.466. The highest BCUT2D eigenvalue weighted by molar-refractivity contribution is 5.34. The Labute approximate surface area is 176 Å². The van der Waals surface area contributed by atoms with Crippen molar-refractivity contribution in [2.24, 2.45) is 5.73 Å². The molecule has 0 amide bonds. The second-order valence-electron chi connectivity index (χ2n) is 7.15. The average molecular weight is 400 g/mol. The zero-order valence-electron chi connectivity index (χ0n) is 16.8. The third-order valence-corrected chi connectivity index (χ3v) is 4.78. The first-order chi connectivity index (χ1) is 14.8. The van der Waals surface area contributed by atoms with Crippen LogP contribution in [0.2, 0.25) is 0 Å². The van der Waals surface area contributed by atoms with Crippen LogP contribution in [0.4, 0.5) is 0 Å². The van der Waals surface area contributed by atoms with Crippen LogP contribution in [0.3, 0.4) is 0 Å². The van der Waals surface area contributed by atoms with Crippen molar-refractivity contribution < 1.29 is 0 Å². The Balaban J connectivity index is 1.49. The average Bonchev–Trinajstić information content (AvgIpc) is 3.24. The molecule has 0 bridgehead atoms. The van der Waals surface area contributed by atoms with Crippen molar-refractivity contribution in [2.45, 2.75) is 26.1 Å². The summed E-state index contributed by atoms with van der Waals surface area (Å²) in [5.41, 5.74) is 10.7. The van der Waals surface area contributed by atoms with E-state index in [-0.39, 0.29) is 0 Å². The normalized spacial score (nSPS) is 11.1. The predicted octanol–water partition coefficient (Wildman–Crippen LogP) is 2.76. The molecule has 1 aromatic carbocycles. The summed E-state index contributed by atoms with van der Waals surface area (Å²) in [4.78, 5) is 11.2. The third-order valence-electron chi connectivity index (χ3n) is 4.78. The van der Waals surface area contributed by atoms with Gasteiger partial charge < -0.3 is 5.73 Å². The Kier molecular flexibility index (Phi) is 6.54. The SMILES string of the molecule is NCCc1ccc(-n2cc(CN(Cc3ccccn3)Cc3ccccn3)nn2)cc1. The topological polar surface area (TPSA) is 85.8 Å². The number of nitrogens with zero attached hydrogens (tertiary/aromatic N) is 6. The van der Waals surface area contributed by atoms with Crippen molar-refractivity contribution in [3.63, 3.8) is 0 Å². The lowest BCUT2D eigenvalue weighted by Crippen LogP contribution is -2.23. The van der Waals surface area contributed by atoms with E-state index in [0.29, 0.717) is 26.2 Å². The first-order valence-electron chi connectivity index (χ1n) is 10.0. The van der Waals surface area contributed by atoms with Gasteiger partial charge in [-0.25, -0.2) is 4.68 Å². The van der Waals surface area contributed by atoms with Crippen LogP contribution in [-0.2, 0) is 26.1 Å². The van der Waals surface area contributed by atoms with Crippen molar-refractivity contribution in [3.8, 4) is 5.69 Å². The van der Waals surface area contributed by atoms with E-state index in [2.05, 4.69) is 37.3 Å². The van der Waals surface area contributed by atoms with Gasteiger partial charge in [-0.3, -0.25) is 14.9 Å². The summed E-state index contributed by atoms with van der Waals surface area (Å²) in [6.45, 7) is 2.71. The smallest absolute Gasteiger partial charge is 0.0972 e. The molecule has 2 N–H and O–H groups in total. The summed E-state index contributed by atoms with van der Waals surface area (Å²) < 4.78 is 1.81. The van der Waals surface area contributed by atoms with E-state index in [1.54, 1.807) is 4.68 Å². The molecule has 0 saturated heterocycles. The molecule has 3 heterocycles. The summed E-state index contributed by atoms with van der Waals surface area (Å²) in [7, 11) is 0. The van der Waals surface area contributed by atoms with E-state index in [1.165, 1.54) is 5.56 Å². The van der Waals surface area contributed by atoms with Gasteiger partial charge in [0.05, 0.1) is 29.0 Å². The molecule has 0 aliphatic rings. The van der Waals surface area contributed by atoms with Gasteiger partial charge in [-0.05, 0) is 54.9 Å². The Hall–Kier alpha value is -3.42. The minimum atomic E-state index is 0.648. The molecule has 3 aromatic heterocycles. The van der Waals surface area contributed by atoms with Crippen molar-refractivity contribution in [3.05, 3.63) is 102 Å². The number of hydrogen-bond donors (Lipinski definition) is 1. The monoisotopic (exact) mass is 399 g/mol. The van der Waals surface area contributed by atoms with E-state index in [1.807, 2.05) is 67.1 Å². The number of pyridine rings is 2. The molecule has 0 saturated carbocycles. The molecule has 7 nitrogen and oxygen atoms in total. The summed E-state index contributed by atoms with van der Waals surface area (Å²) in [6, 6.07) is 20.2. The molecule has 30 heavy (non-hydrogen) atoms. The molecule has 4 rings (SSSR count). The molecule has 0 spiro atoms. The minimum absolute atomic E-state index is 0.648. The van der Waals surface area contributed by atoms with Crippen LogP contribution in [0.1, 0.15) is 22.6 Å². The molecule has 0 radical (unpaired) electrons. The molecule has 0 unspecified atom stereocenters. The van der Waals surface area contributed by atoms with E-state index >= 15 is 0 Å². The van der Waals surface area contributed by atoms with Crippen LogP contribution in [0.15, 0.2) is 79.3 Å². The van der Waals surface area contributed by atoms with Crippen LogP contribution in [0, 0.1) is 0 Å². The highest BCUT2D eigenvalue weighted by Crippen LogP contribution is 2.13. The third kappa shape index (κ3) is 5.34. The summed E-state index contributed by atoms with van der Waals surface area (Å²) in [5, 5.41) is 8.70. The minimum Gasteiger partial charge on any atom is -0.330 e. The highest BCUT2D eigenvalue weighted by Gasteiger charge is 2.12. The van der Waals surface area contributed by atoms with Crippen molar-refractivity contribution in [1.82, 2.24) is 29.9 Å². The lowest BCUT2D eigenvalue weighted by Gasteiger charge is -2.20. The first kappa shape index (κ1) is 19.9. The number of benzene rings is 1. The fourth-order valence-electron chi connectivity index (χ4n) is 3.32. The van der Waals surface area contributed by atoms with Crippen molar-refractivity contribution >= 4 is 0 Å². The van der Waals surface area contributed by atoms with Gasteiger partial charge in [0.15, 0.2) is 0 Å². The van der Waals surface area contributed by atoms with Crippen LogP contribution >= 0.6 is 0 Å². The summed E-state index contributed by atoms with van der Waals surface area (Å²) >= 11 is 0. The highest BCUT2D eigenvalue weighted by atomic mass is 15.4. The van der Waals surface area contributed by atoms with Crippen LogP contribution in [0.5, 0.6) is 0 Å². The second kappa shape index (κ2) is 9.87. The lowest BCUT2D eigenvalue weighted by atomic mass is 10.1. The van der Waals surface area contributed by atoms with Gasteiger partial charge >= 0.3 is 0 Å². The van der Waals surface area contributed by atoms with E-state index in [9.17, 15) is 0 Å².